The van der Waals surface area contributed by atoms with Gasteiger partial charge >= 0.3 is 0 Å². The maximum absolute atomic E-state index is 12.1. The summed E-state index contributed by atoms with van der Waals surface area (Å²) in [7, 11) is 0. The third-order valence-electron chi connectivity index (χ3n) is 3.89. The smallest absolute Gasteiger partial charge is 0.253 e. The molecule has 6 heteroatoms. The molecular formula is C22H18ClN3O2. The van der Waals surface area contributed by atoms with Crippen molar-refractivity contribution in [3.63, 3.8) is 0 Å². The third-order valence-corrected chi connectivity index (χ3v) is 4.24. The molecule has 0 saturated carbocycles. The van der Waals surface area contributed by atoms with E-state index in [2.05, 4.69) is 15.6 Å². The van der Waals surface area contributed by atoms with E-state index in [0.29, 0.717) is 22.8 Å². The molecule has 1 aromatic heterocycles. The van der Waals surface area contributed by atoms with E-state index in [1.165, 1.54) is 12.3 Å². The molecule has 0 bridgehead atoms. The van der Waals surface area contributed by atoms with Gasteiger partial charge in [0.15, 0.2) is 0 Å². The van der Waals surface area contributed by atoms with Crippen molar-refractivity contribution in [2.45, 2.75) is 6.54 Å². The van der Waals surface area contributed by atoms with Gasteiger partial charge in [-0.3, -0.25) is 14.6 Å². The Hall–Kier alpha value is -3.44. The summed E-state index contributed by atoms with van der Waals surface area (Å²) >= 11 is 6.07. The first kappa shape index (κ1) is 19.3. The summed E-state index contributed by atoms with van der Waals surface area (Å²) in [6.07, 6.45) is 6.22. The van der Waals surface area contributed by atoms with Crippen LogP contribution >= 0.6 is 11.6 Å². The van der Waals surface area contributed by atoms with Gasteiger partial charge < -0.3 is 10.6 Å². The molecule has 0 unspecified atom stereocenters. The van der Waals surface area contributed by atoms with Crippen LogP contribution in [0.5, 0.6) is 0 Å². The maximum Gasteiger partial charge on any atom is 0.253 e. The van der Waals surface area contributed by atoms with Crippen molar-refractivity contribution in [3.05, 3.63) is 101 Å². The highest BCUT2D eigenvalue weighted by Gasteiger charge is 2.05. The minimum atomic E-state index is -0.267. The van der Waals surface area contributed by atoms with E-state index >= 15 is 0 Å². The molecular weight excluding hydrogens is 374 g/mol. The molecule has 0 spiro atoms. The number of halogens is 1. The molecule has 1 heterocycles. The molecule has 0 aliphatic heterocycles. The van der Waals surface area contributed by atoms with Gasteiger partial charge in [0, 0.05) is 35.7 Å². The van der Waals surface area contributed by atoms with Crippen molar-refractivity contribution in [1.82, 2.24) is 10.3 Å². The number of nitrogens with one attached hydrogen (secondary N) is 2. The lowest BCUT2D eigenvalue weighted by Gasteiger charge is -2.08. The second kappa shape index (κ2) is 9.48. The first-order valence-electron chi connectivity index (χ1n) is 8.62. The van der Waals surface area contributed by atoms with Gasteiger partial charge in [-0.05, 0) is 47.5 Å². The number of pyridine rings is 1. The average molecular weight is 392 g/mol. The standard InChI is InChI=1S/C22H18ClN3O2/c23-20-9-2-1-6-17(20)10-11-21(27)26-19-8-3-5-16(13-19)14-25-22(28)18-7-4-12-24-15-18/h1-13,15H,14H2,(H,25,28)(H,26,27)/b11-10+. The van der Waals surface area contributed by atoms with Crippen molar-refractivity contribution in [2.75, 3.05) is 5.32 Å². The van der Waals surface area contributed by atoms with Crippen molar-refractivity contribution >= 4 is 35.2 Å². The summed E-state index contributed by atoms with van der Waals surface area (Å²) in [4.78, 5) is 28.2. The van der Waals surface area contributed by atoms with Crippen LogP contribution in [0.1, 0.15) is 21.5 Å². The van der Waals surface area contributed by atoms with Crippen LogP contribution in [0.25, 0.3) is 6.08 Å². The predicted molar refractivity (Wildman–Crippen MR) is 111 cm³/mol. The number of nitrogens with zero attached hydrogens (tertiary/aromatic N) is 1. The number of carbonyl (C=O) groups is 2. The number of benzene rings is 2. The van der Waals surface area contributed by atoms with E-state index in [4.69, 9.17) is 11.6 Å². The van der Waals surface area contributed by atoms with Gasteiger partial charge in [-0.1, -0.05) is 41.9 Å². The molecule has 0 atom stereocenters. The van der Waals surface area contributed by atoms with Crippen LogP contribution in [0.15, 0.2) is 79.1 Å². The van der Waals surface area contributed by atoms with Gasteiger partial charge in [0.2, 0.25) is 5.91 Å². The summed E-state index contributed by atoms with van der Waals surface area (Å²) in [5.74, 6) is -0.471. The van der Waals surface area contributed by atoms with Crippen LogP contribution in [0.4, 0.5) is 5.69 Å². The molecule has 5 nitrogen and oxygen atoms in total. The molecule has 3 aromatic rings. The topological polar surface area (TPSA) is 71.1 Å². The Balaban J connectivity index is 1.58. The van der Waals surface area contributed by atoms with E-state index in [-0.39, 0.29) is 11.8 Å². The first-order valence-corrected chi connectivity index (χ1v) is 9.00. The highest BCUT2D eigenvalue weighted by atomic mass is 35.5. The minimum absolute atomic E-state index is 0.204. The molecule has 0 radical (unpaired) electrons. The summed E-state index contributed by atoms with van der Waals surface area (Å²) in [6, 6.07) is 18.0. The lowest BCUT2D eigenvalue weighted by atomic mass is 10.2. The second-order valence-corrected chi connectivity index (χ2v) is 6.38. The zero-order valence-electron chi connectivity index (χ0n) is 14.9. The highest BCUT2D eigenvalue weighted by Crippen LogP contribution is 2.16. The summed E-state index contributed by atoms with van der Waals surface area (Å²) in [5, 5.41) is 6.21. The molecule has 28 heavy (non-hydrogen) atoms. The number of hydrogen-bond acceptors (Lipinski definition) is 3. The molecule has 2 aromatic carbocycles. The quantitative estimate of drug-likeness (QED) is 0.615. The maximum atomic E-state index is 12.1. The van der Waals surface area contributed by atoms with E-state index in [1.807, 2.05) is 36.4 Å². The molecule has 0 aliphatic rings. The van der Waals surface area contributed by atoms with E-state index in [1.54, 1.807) is 36.5 Å². The Bertz CT molecular complexity index is 1000. The first-order chi connectivity index (χ1) is 13.6. The monoisotopic (exact) mass is 391 g/mol. The van der Waals surface area contributed by atoms with E-state index in [0.717, 1.165) is 11.1 Å². The van der Waals surface area contributed by atoms with Crippen LogP contribution in [-0.4, -0.2) is 16.8 Å². The molecule has 0 fully saturated rings. The zero-order chi connectivity index (χ0) is 19.8. The largest absolute Gasteiger partial charge is 0.348 e. The van der Waals surface area contributed by atoms with Crippen molar-refractivity contribution < 1.29 is 9.59 Å². The normalized spacial score (nSPS) is 10.6. The van der Waals surface area contributed by atoms with Crippen molar-refractivity contribution in [3.8, 4) is 0 Å². The van der Waals surface area contributed by atoms with Gasteiger partial charge in [-0.15, -0.1) is 0 Å². The minimum Gasteiger partial charge on any atom is -0.348 e. The van der Waals surface area contributed by atoms with Gasteiger partial charge in [0.05, 0.1) is 5.56 Å². The fourth-order valence-electron chi connectivity index (χ4n) is 2.50. The Morgan fingerprint density at radius 3 is 2.68 bits per heavy atom. The Labute approximate surface area is 168 Å². The molecule has 140 valence electrons. The summed E-state index contributed by atoms with van der Waals surface area (Å²) in [5.41, 5.74) is 2.77. The van der Waals surface area contributed by atoms with Gasteiger partial charge in [-0.25, -0.2) is 0 Å². The number of anilines is 1. The Kier molecular flexibility index (Phi) is 6.54. The Morgan fingerprint density at radius 2 is 1.89 bits per heavy atom. The average Bonchev–Trinajstić information content (AvgIpc) is 2.72. The van der Waals surface area contributed by atoms with E-state index in [9.17, 15) is 9.59 Å². The zero-order valence-corrected chi connectivity index (χ0v) is 15.7. The number of hydrogen-bond donors (Lipinski definition) is 2. The van der Waals surface area contributed by atoms with Crippen LogP contribution < -0.4 is 10.6 Å². The number of amides is 2. The molecule has 2 amide bonds. The van der Waals surface area contributed by atoms with Crippen molar-refractivity contribution in [2.24, 2.45) is 0 Å². The number of aromatic nitrogens is 1. The summed E-state index contributed by atoms with van der Waals surface area (Å²) < 4.78 is 0. The van der Waals surface area contributed by atoms with Gasteiger partial charge in [0.25, 0.3) is 5.91 Å². The van der Waals surface area contributed by atoms with Gasteiger partial charge in [-0.2, -0.15) is 0 Å². The molecule has 2 N–H and O–H groups in total. The summed E-state index contributed by atoms with van der Waals surface area (Å²) in [6.45, 7) is 0.340. The van der Waals surface area contributed by atoms with Crippen LogP contribution in [0.2, 0.25) is 5.02 Å². The molecule has 0 saturated heterocycles. The Morgan fingerprint density at radius 1 is 1.04 bits per heavy atom. The van der Waals surface area contributed by atoms with E-state index < -0.39 is 0 Å². The second-order valence-electron chi connectivity index (χ2n) is 5.97. The number of carbonyl (C=O) groups excluding carboxylic acids is 2. The fraction of sp³-hybridized carbons (Fsp3) is 0.0455. The number of rotatable bonds is 6. The molecule has 0 aliphatic carbocycles. The lowest BCUT2D eigenvalue weighted by Crippen LogP contribution is -2.22. The van der Waals surface area contributed by atoms with Crippen LogP contribution in [0.3, 0.4) is 0 Å². The molecule has 3 rings (SSSR count). The van der Waals surface area contributed by atoms with Gasteiger partial charge in [0.1, 0.15) is 0 Å². The fourth-order valence-corrected chi connectivity index (χ4v) is 2.70. The SMILES string of the molecule is O=C(/C=C/c1ccccc1Cl)Nc1cccc(CNC(=O)c2cccnc2)c1. The van der Waals surface area contributed by atoms with Crippen molar-refractivity contribution in [1.29, 1.82) is 0 Å². The lowest BCUT2D eigenvalue weighted by molar-refractivity contribution is -0.111. The third kappa shape index (κ3) is 5.53. The predicted octanol–water partition coefficient (Wildman–Crippen LogP) is 4.32. The van der Waals surface area contributed by atoms with Crippen LogP contribution in [-0.2, 0) is 11.3 Å². The highest BCUT2D eigenvalue weighted by molar-refractivity contribution is 6.32. The van der Waals surface area contributed by atoms with Crippen LogP contribution in [0, 0.1) is 0 Å².